The maximum Gasteiger partial charge on any atom is 0.164 e. The molecular weight excluding hydrogens is 128 g/mol. The Kier molecular flexibility index (Phi) is 2.86. The fourth-order valence-corrected chi connectivity index (χ4v) is 1.09. The van der Waals surface area contributed by atoms with E-state index >= 15 is 0 Å². The third-order valence-electron chi connectivity index (χ3n) is 1.71. The summed E-state index contributed by atoms with van der Waals surface area (Å²) in [6, 6.07) is 0. The molecule has 10 heavy (non-hydrogen) atoms. The van der Waals surface area contributed by atoms with Gasteiger partial charge in [0.2, 0.25) is 0 Å². The molecule has 1 atom stereocenters. The number of hydrogen-bond acceptors (Lipinski definition) is 2. The highest BCUT2D eigenvalue weighted by atomic mass is 16.3. The number of piperazine rings is 1. The highest BCUT2D eigenvalue weighted by Crippen LogP contribution is 1.98. The monoisotopic (exact) mass is 141 g/mol. The van der Waals surface area contributed by atoms with E-state index in [0.29, 0.717) is 0 Å². The van der Waals surface area contributed by atoms with Crippen LogP contribution >= 0.6 is 0 Å². The van der Waals surface area contributed by atoms with E-state index < -0.39 is 6.23 Å². The van der Waals surface area contributed by atoms with E-state index in [1.165, 1.54) is 6.08 Å². The second-order valence-electron chi connectivity index (χ2n) is 2.41. The molecule has 1 aliphatic rings. The van der Waals surface area contributed by atoms with Gasteiger partial charge in [-0.1, -0.05) is 6.58 Å². The highest BCUT2D eigenvalue weighted by Gasteiger charge is 2.15. The highest BCUT2D eigenvalue weighted by molar-refractivity contribution is 4.81. The third-order valence-corrected chi connectivity index (χ3v) is 1.71. The quantitative estimate of drug-likeness (QED) is 0.542. The first-order chi connectivity index (χ1) is 4.84. The van der Waals surface area contributed by atoms with Crippen LogP contribution in [-0.2, 0) is 5.11 Å². The first-order valence-electron chi connectivity index (χ1n) is 3.58. The molecule has 0 saturated carbocycles. The Morgan fingerprint density at radius 3 is 2.60 bits per heavy atom. The van der Waals surface area contributed by atoms with Gasteiger partial charge in [-0.3, -0.25) is 4.90 Å². The Bertz CT molecular complexity index is 110. The Morgan fingerprint density at radius 1 is 1.50 bits per heavy atom. The molecule has 1 fully saturated rings. The standard InChI is InChI=1S/C7H13N2O/c1-2-7(10)9-5-3-8-4-6-9/h2,7-8H,1,3-6H2. The Balaban J connectivity index is 2.30. The van der Waals surface area contributed by atoms with Crippen LogP contribution in [-0.4, -0.2) is 37.3 Å². The fraction of sp³-hybridized carbons (Fsp3) is 0.714. The Labute approximate surface area is 61.3 Å². The summed E-state index contributed by atoms with van der Waals surface area (Å²) in [5.74, 6) is 0. The van der Waals surface area contributed by atoms with Crippen molar-refractivity contribution in [2.45, 2.75) is 6.23 Å². The van der Waals surface area contributed by atoms with Gasteiger partial charge >= 0.3 is 0 Å². The van der Waals surface area contributed by atoms with E-state index in [0.717, 1.165) is 26.2 Å². The van der Waals surface area contributed by atoms with Crippen LogP contribution in [0.5, 0.6) is 0 Å². The molecular formula is C7H13N2O. The minimum Gasteiger partial charge on any atom is -0.314 e. The maximum atomic E-state index is 11.0. The number of hydrogen-bond donors (Lipinski definition) is 1. The van der Waals surface area contributed by atoms with E-state index in [-0.39, 0.29) is 0 Å². The van der Waals surface area contributed by atoms with Crippen molar-refractivity contribution in [2.75, 3.05) is 26.2 Å². The van der Waals surface area contributed by atoms with Crippen molar-refractivity contribution in [3.05, 3.63) is 12.7 Å². The minimum absolute atomic E-state index is 0.706. The zero-order valence-corrected chi connectivity index (χ0v) is 6.05. The van der Waals surface area contributed by atoms with Gasteiger partial charge in [-0.25, -0.2) is 5.11 Å². The first-order valence-corrected chi connectivity index (χ1v) is 3.58. The average Bonchev–Trinajstić information content (AvgIpc) is 2.05. The van der Waals surface area contributed by atoms with E-state index in [4.69, 9.17) is 0 Å². The summed E-state index contributed by atoms with van der Waals surface area (Å²) in [6.07, 6.45) is 0.743. The zero-order chi connectivity index (χ0) is 7.40. The predicted molar refractivity (Wildman–Crippen MR) is 39.1 cm³/mol. The molecule has 1 radical (unpaired) electrons. The second kappa shape index (κ2) is 3.71. The lowest BCUT2D eigenvalue weighted by atomic mass is 10.3. The molecule has 1 rings (SSSR count). The molecule has 1 heterocycles. The van der Waals surface area contributed by atoms with Gasteiger partial charge in [0.1, 0.15) is 0 Å². The molecule has 3 nitrogen and oxygen atoms in total. The summed E-state index contributed by atoms with van der Waals surface area (Å²) >= 11 is 0. The lowest BCUT2D eigenvalue weighted by Gasteiger charge is -2.28. The zero-order valence-electron chi connectivity index (χ0n) is 6.05. The van der Waals surface area contributed by atoms with Crippen LogP contribution in [0.15, 0.2) is 12.7 Å². The fourth-order valence-electron chi connectivity index (χ4n) is 1.09. The summed E-state index contributed by atoms with van der Waals surface area (Å²) in [5.41, 5.74) is 0. The van der Waals surface area contributed by atoms with Crippen LogP contribution in [0.4, 0.5) is 0 Å². The van der Waals surface area contributed by atoms with E-state index in [1.807, 2.05) is 4.90 Å². The lowest BCUT2D eigenvalue weighted by molar-refractivity contribution is -0.0183. The summed E-state index contributed by atoms with van der Waals surface area (Å²) in [6.45, 7) is 7.00. The molecule has 0 aromatic heterocycles. The van der Waals surface area contributed by atoms with Gasteiger partial charge in [-0.15, -0.1) is 0 Å². The molecule has 1 saturated heterocycles. The van der Waals surface area contributed by atoms with Crippen molar-refractivity contribution in [3.63, 3.8) is 0 Å². The van der Waals surface area contributed by atoms with Crippen LogP contribution in [0, 0.1) is 0 Å². The van der Waals surface area contributed by atoms with Gasteiger partial charge in [0, 0.05) is 26.2 Å². The van der Waals surface area contributed by atoms with Crippen LogP contribution in [0.25, 0.3) is 0 Å². The topological polar surface area (TPSA) is 35.2 Å². The van der Waals surface area contributed by atoms with Gasteiger partial charge in [0.25, 0.3) is 0 Å². The van der Waals surface area contributed by atoms with E-state index in [9.17, 15) is 5.11 Å². The summed E-state index contributed by atoms with van der Waals surface area (Å²) in [7, 11) is 0. The minimum atomic E-state index is -0.706. The van der Waals surface area contributed by atoms with Crippen LogP contribution < -0.4 is 5.32 Å². The van der Waals surface area contributed by atoms with Crippen molar-refractivity contribution >= 4 is 0 Å². The average molecular weight is 141 g/mol. The number of rotatable bonds is 2. The molecule has 3 heteroatoms. The van der Waals surface area contributed by atoms with Gasteiger partial charge in [-0.05, 0) is 6.08 Å². The first kappa shape index (κ1) is 7.72. The van der Waals surface area contributed by atoms with Gasteiger partial charge in [0.05, 0.1) is 0 Å². The summed E-state index contributed by atoms with van der Waals surface area (Å²) < 4.78 is 0. The predicted octanol–water partition coefficient (Wildman–Crippen LogP) is -0.166. The summed E-state index contributed by atoms with van der Waals surface area (Å²) in [4.78, 5) is 1.88. The second-order valence-corrected chi connectivity index (χ2v) is 2.41. The van der Waals surface area contributed by atoms with Crippen LogP contribution in [0.2, 0.25) is 0 Å². The lowest BCUT2D eigenvalue weighted by Crippen LogP contribution is -2.47. The van der Waals surface area contributed by atoms with Crippen molar-refractivity contribution < 1.29 is 5.11 Å². The number of nitrogens with zero attached hydrogens (tertiary/aromatic N) is 1. The van der Waals surface area contributed by atoms with Crippen molar-refractivity contribution in [1.82, 2.24) is 10.2 Å². The van der Waals surface area contributed by atoms with E-state index in [2.05, 4.69) is 11.9 Å². The molecule has 0 aromatic rings. The molecule has 1 unspecified atom stereocenters. The molecule has 57 valence electrons. The number of nitrogens with one attached hydrogen (secondary N) is 1. The van der Waals surface area contributed by atoms with E-state index in [1.54, 1.807) is 0 Å². The van der Waals surface area contributed by atoms with Crippen LogP contribution in [0.3, 0.4) is 0 Å². The van der Waals surface area contributed by atoms with Gasteiger partial charge in [-0.2, -0.15) is 0 Å². The van der Waals surface area contributed by atoms with Gasteiger partial charge < -0.3 is 5.32 Å². The third kappa shape index (κ3) is 1.80. The molecule has 1 aliphatic heterocycles. The SMILES string of the molecule is C=CC([O])N1CCNCC1. The molecule has 0 spiro atoms. The molecule has 1 N–H and O–H groups in total. The van der Waals surface area contributed by atoms with Crippen molar-refractivity contribution in [3.8, 4) is 0 Å². The van der Waals surface area contributed by atoms with Crippen LogP contribution in [0.1, 0.15) is 0 Å². The van der Waals surface area contributed by atoms with Gasteiger partial charge in [0.15, 0.2) is 6.23 Å². The molecule has 0 bridgehead atoms. The largest absolute Gasteiger partial charge is 0.314 e. The summed E-state index contributed by atoms with van der Waals surface area (Å²) in [5, 5.41) is 14.2. The molecule has 0 aliphatic carbocycles. The molecule has 0 amide bonds. The smallest absolute Gasteiger partial charge is 0.164 e. The Morgan fingerprint density at radius 2 is 2.10 bits per heavy atom. The Hall–Kier alpha value is -0.380. The van der Waals surface area contributed by atoms with Crippen molar-refractivity contribution in [2.24, 2.45) is 0 Å². The maximum absolute atomic E-state index is 11.0. The van der Waals surface area contributed by atoms with Crippen molar-refractivity contribution in [1.29, 1.82) is 0 Å². The molecule has 0 aromatic carbocycles. The normalized spacial score (nSPS) is 24.1.